The highest BCUT2D eigenvalue weighted by Gasteiger charge is 2.08. The summed E-state index contributed by atoms with van der Waals surface area (Å²) in [6, 6.07) is 7.65. The molecule has 2 nitrogen and oxygen atoms in total. The van der Waals surface area contributed by atoms with Crippen molar-refractivity contribution in [3.8, 4) is 0 Å². The maximum Gasteiger partial charge on any atom is 0.0833 e. The maximum atomic E-state index is 5.77. The van der Waals surface area contributed by atoms with Crippen molar-refractivity contribution in [1.29, 1.82) is 0 Å². The molecule has 2 N–H and O–H groups in total. The molecule has 0 spiro atoms. The molecular formula is C10H14ClNO. The van der Waals surface area contributed by atoms with Gasteiger partial charge in [0.15, 0.2) is 0 Å². The molecule has 0 bridgehead atoms. The van der Waals surface area contributed by atoms with E-state index in [9.17, 15) is 0 Å². The molecular weight excluding hydrogens is 186 g/mol. The van der Waals surface area contributed by atoms with Gasteiger partial charge in [-0.05, 0) is 30.7 Å². The predicted octanol–water partition coefficient (Wildman–Crippen LogP) is 2.38. The third-order valence-corrected chi connectivity index (χ3v) is 2.21. The molecule has 0 aromatic heterocycles. The molecule has 0 radical (unpaired) electrons. The Morgan fingerprint density at radius 1 is 1.38 bits per heavy atom. The minimum absolute atomic E-state index is 0.0854. The summed E-state index contributed by atoms with van der Waals surface area (Å²) in [5.41, 5.74) is 6.59. The predicted molar refractivity (Wildman–Crippen MR) is 54.9 cm³/mol. The molecule has 0 aliphatic heterocycles. The summed E-state index contributed by atoms with van der Waals surface area (Å²) in [5, 5.41) is 0.742. The topological polar surface area (TPSA) is 35.2 Å². The average Bonchev–Trinajstić information content (AvgIpc) is 2.16. The highest BCUT2D eigenvalue weighted by Crippen LogP contribution is 2.21. The third-order valence-electron chi connectivity index (χ3n) is 1.96. The Kier molecular flexibility index (Phi) is 4.22. The Morgan fingerprint density at radius 2 is 2.00 bits per heavy atom. The van der Waals surface area contributed by atoms with Crippen molar-refractivity contribution in [3.63, 3.8) is 0 Å². The Morgan fingerprint density at radius 3 is 2.46 bits per heavy atom. The lowest BCUT2D eigenvalue weighted by molar-refractivity contribution is 0.0978. The van der Waals surface area contributed by atoms with Gasteiger partial charge in [-0.2, -0.15) is 0 Å². The van der Waals surface area contributed by atoms with Gasteiger partial charge in [0.2, 0.25) is 0 Å². The van der Waals surface area contributed by atoms with Crippen LogP contribution in [0.4, 0.5) is 0 Å². The number of hydrogen-bond acceptors (Lipinski definition) is 2. The molecule has 72 valence electrons. The molecule has 0 saturated heterocycles. The molecule has 13 heavy (non-hydrogen) atoms. The highest BCUT2D eigenvalue weighted by atomic mass is 35.5. The summed E-state index contributed by atoms with van der Waals surface area (Å²) < 4.78 is 5.29. The highest BCUT2D eigenvalue weighted by molar-refractivity contribution is 6.30. The van der Waals surface area contributed by atoms with Gasteiger partial charge >= 0.3 is 0 Å². The van der Waals surface area contributed by atoms with Crippen molar-refractivity contribution in [2.45, 2.75) is 12.5 Å². The van der Waals surface area contributed by atoms with Gasteiger partial charge in [0.05, 0.1) is 6.10 Å². The van der Waals surface area contributed by atoms with Crippen LogP contribution in [0.5, 0.6) is 0 Å². The first kappa shape index (κ1) is 10.5. The molecule has 1 rings (SSSR count). The Bertz CT molecular complexity index is 248. The lowest BCUT2D eigenvalue weighted by Gasteiger charge is -2.14. The molecule has 0 amide bonds. The van der Waals surface area contributed by atoms with Crippen LogP contribution in [-0.2, 0) is 4.74 Å². The van der Waals surface area contributed by atoms with Crippen LogP contribution in [0.15, 0.2) is 24.3 Å². The van der Waals surface area contributed by atoms with Gasteiger partial charge in [-0.3, -0.25) is 0 Å². The first-order valence-corrected chi connectivity index (χ1v) is 4.64. The van der Waals surface area contributed by atoms with Gasteiger partial charge in [-0.1, -0.05) is 23.7 Å². The maximum absolute atomic E-state index is 5.77. The first-order valence-electron chi connectivity index (χ1n) is 4.26. The average molecular weight is 200 g/mol. The van der Waals surface area contributed by atoms with Crippen LogP contribution in [0.25, 0.3) is 0 Å². The van der Waals surface area contributed by atoms with Crippen LogP contribution in [0.1, 0.15) is 18.1 Å². The lowest BCUT2D eigenvalue weighted by atomic mass is 10.1. The number of ether oxygens (including phenoxy) is 1. The first-order chi connectivity index (χ1) is 6.27. The fraction of sp³-hybridized carbons (Fsp3) is 0.400. The minimum Gasteiger partial charge on any atom is -0.377 e. The van der Waals surface area contributed by atoms with E-state index in [1.54, 1.807) is 7.11 Å². The summed E-state index contributed by atoms with van der Waals surface area (Å²) in [6.45, 7) is 0.626. The summed E-state index contributed by atoms with van der Waals surface area (Å²) >= 11 is 5.77. The number of rotatable bonds is 4. The summed E-state index contributed by atoms with van der Waals surface area (Å²) in [6.07, 6.45) is 0.917. The van der Waals surface area contributed by atoms with Crippen LogP contribution in [0.2, 0.25) is 5.02 Å². The molecule has 0 saturated carbocycles. The van der Waals surface area contributed by atoms with Crippen molar-refractivity contribution in [1.82, 2.24) is 0 Å². The summed E-state index contributed by atoms with van der Waals surface area (Å²) in [5.74, 6) is 0. The second-order valence-corrected chi connectivity index (χ2v) is 3.29. The Labute approximate surface area is 83.6 Å². The van der Waals surface area contributed by atoms with Crippen LogP contribution >= 0.6 is 11.6 Å². The molecule has 0 aliphatic rings. The number of hydrogen-bond donors (Lipinski definition) is 1. The standard InChI is InChI=1S/C10H14ClNO/c1-13-10(6-7-12)8-2-4-9(11)5-3-8/h2-5,10H,6-7,12H2,1H3/t10-/m1/s1. The molecule has 0 unspecified atom stereocenters. The van der Waals surface area contributed by atoms with Crippen LogP contribution < -0.4 is 5.73 Å². The summed E-state index contributed by atoms with van der Waals surface area (Å²) in [7, 11) is 1.69. The zero-order chi connectivity index (χ0) is 9.68. The van der Waals surface area contributed by atoms with Crippen LogP contribution in [0.3, 0.4) is 0 Å². The summed E-state index contributed by atoms with van der Waals surface area (Å²) in [4.78, 5) is 0. The fourth-order valence-electron chi connectivity index (χ4n) is 1.25. The van der Waals surface area contributed by atoms with E-state index in [1.807, 2.05) is 24.3 Å². The molecule has 3 heteroatoms. The van der Waals surface area contributed by atoms with Crippen molar-refractivity contribution in [2.75, 3.05) is 13.7 Å². The SMILES string of the molecule is CO[C@H](CCN)c1ccc(Cl)cc1. The van der Waals surface area contributed by atoms with Crippen LogP contribution in [-0.4, -0.2) is 13.7 Å². The van der Waals surface area contributed by atoms with E-state index in [2.05, 4.69) is 0 Å². The second kappa shape index (κ2) is 5.22. The number of halogens is 1. The molecule has 1 atom stereocenters. The zero-order valence-corrected chi connectivity index (χ0v) is 8.42. The van der Waals surface area contributed by atoms with E-state index < -0.39 is 0 Å². The van der Waals surface area contributed by atoms with Crippen molar-refractivity contribution in [3.05, 3.63) is 34.9 Å². The Hall–Kier alpha value is -0.570. The number of nitrogens with two attached hydrogens (primary N) is 1. The largest absolute Gasteiger partial charge is 0.377 e. The van der Waals surface area contributed by atoms with Crippen LogP contribution in [0, 0.1) is 0 Å². The fourth-order valence-corrected chi connectivity index (χ4v) is 1.38. The van der Waals surface area contributed by atoms with Gasteiger partial charge in [-0.15, -0.1) is 0 Å². The van der Waals surface area contributed by atoms with E-state index >= 15 is 0 Å². The minimum atomic E-state index is 0.0854. The normalized spacial score (nSPS) is 12.8. The Balaban J connectivity index is 2.73. The second-order valence-electron chi connectivity index (χ2n) is 2.85. The van der Waals surface area contributed by atoms with E-state index in [1.165, 1.54) is 0 Å². The van der Waals surface area contributed by atoms with Gasteiger partial charge in [-0.25, -0.2) is 0 Å². The van der Waals surface area contributed by atoms with Crippen molar-refractivity contribution < 1.29 is 4.74 Å². The zero-order valence-electron chi connectivity index (χ0n) is 7.66. The molecule has 0 fully saturated rings. The number of benzene rings is 1. The molecule has 0 aliphatic carbocycles. The quantitative estimate of drug-likeness (QED) is 0.808. The van der Waals surface area contributed by atoms with Crippen molar-refractivity contribution in [2.24, 2.45) is 5.73 Å². The van der Waals surface area contributed by atoms with Gasteiger partial charge in [0.1, 0.15) is 0 Å². The molecule has 1 aromatic carbocycles. The van der Waals surface area contributed by atoms with Crippen molar-refractivity contribution >= 4 is 11.6 Å². The number of methoxy groups -OCH3 is 1. The monoisotopic (exact) mass is 199 g/mol. The van der Waals surface area contributed by atoms with Gasteiger partial charge < -0.3 is 10.5 Å². The van der Waals surface area contributed by atoms with E-state index in [4.69, 9.17) is 22.1 Å². The third kappa shape index (κ3) is 2.99. The van der Waals surface area contributed by atoms with Gasteiger partial charge in [0.25, 0.3) is 0 Å². The van der Waals surface area contributed by atoms with E-state index in [-0.39, 0.29) is 6.10 Å². The van der Waals surface area contributed by atoms with Gasteiger partial charge in [0, 0.05) is 12.1 Å². The molecule has 0 heterocycles. The molecule has 1 aromatic rings. The smallest absolute Gasteiger partial charge is 0.0833 e. The van der Waals surface area contributed by atoms with E-state index in [0.29, 0.717) is 6.54 Å². The lowest BCUT2D eigenvalue weighted by Crippen LogP contribution is -2.08. The van der Waals surface area contributed by atoms with E-state index in [0.717, 1.165) is 17.0 Å².